The number of para-hydroxylation sites is 1. The minimum atomic E-state index is 0.931. The standard InChI is InChI=1S/C18H21N5S2/c1-2-12-24-18-21-23(14-8-4-3-5-9-14)15-13-16(19-20-17(15)25-18)22-10-6-7-11-22/h3-5,8-9,13H,2,6-7,10-12H2,1H3. The zero-order valence-corrected chi connectivity index (χ0v) is 15.9. The molecular formula is C18H21N5S2. The monoisotopic (exact) mass is 371 g/mol. The Morgan fingerprint density at radius 3 is 2.68 bits per heavy atom. The fourth-order valence-electron chi connectivity index (χ4n) is 2.94. The van der Waals surface area contributed by atoms with Crippen LogP contribution in [0.2, 0.25) is 0 Å². The van der Waals surface area contributed by atoms with E-state index < -0.39 is 0 Å². The first-order chi connectivity index (χ1) is 12.3. The second-order valence-electron chi connectivity index (χ2n) is 6.05. The highest BCUT2D eigenvalue weighted by molar-refractivity contribution is 8.39. The van der Waals surface area contributed by atoms with Gasteiger partial charge in [-0.25, -0.2) is 5.01 Å². The van der Waals surface area contributed by atoms with E-state index in [1.165, 1.54) is 12.8 Å². The lowest BCUT2D eigenvalue weighted by molar-refractivity contribution is 0.846. The van der Waals surface area contributed by atoms with E-state index in [-0.39, 0.29) is 0 Å². The number of rotatable bonds is 4. The highest BCUT2D eigenvalue weighted by atomic mass is 32.2. The van der Waals surface area contributed by atoms with Gasteiger partial charge in [0.05, 0.1) is 5.69 Å². The van der Waals surface area contributed by atoms with Crippen molar-refractivity contribution in [1.29, 1.82) is 0 Å². The molecule has 130 valence electrons. The molecule has 2 aromatic rings. The smallest absolute Gasteiger partial charge is 0.157 e. The number of aromatic nitrogens is 2. The predicted molar refractivity (Wildman–Crippen MR) is 108 cm³/mol. The maximum Gasteiger partial charge on any atom is 0.157 e. The third-order valence-electron chi connectivity index (χ3n) is 4.18. The SMILES string of the molecule is CCCSC1=NN(c2ccccc2)c2cc(N3CCCC3)nnc2S1. The van der Waals surface area contributed by atoms with Gasteiger partial charge in [-0.15, -0.1) is 10.2 Å². The lowest BCUT2D eigenvalue weighted by Gasteiger charge is -2.27. The molecule has 4 rings (SSSR count). The van der Waals surface area contributed by atoms with Crippen molar-refractivity contribution in [3.05, 3.63) is 36.4 Å². The lowest BCUT2D eigenvalue weighted by Crippen LogP contribution is -2.22. The largest absolute Gasteiger partial charge is 0.355 e. The maximum atomic E-state index is 4.89. The van der Waals surface area contributed by atoms with Gasteiger partial charge in [0.2, 0.25) is 0 Å². The number of fused-ring (bicyclic) bond motifs is 1. The van der Waals surface area contributed by atoms with E-state index in [4.69, 9.17) is 5.10 Å². The van der Waals surface area contributed by atoms with Crippen molar-refractivity contribution in [3.8, 4) is 0 Å². The summed E-state index contributed by atoms with van der Waals surface area (Å²) in [5.41, 5.74) is 2.08. The molecule has 1 aromatic heterocycles. The van der Waals surface area contributed by atoms with Crippen molar-refractivity contribution >= 4 is 45.1 Å². The highest BCUT2D eigenvalue weighted by Crippen LogP contribution is 2.42. The molecule has 0 spiro atoms. The van der Waals surface area contributed by atoms with Crippen molar-refractivity contribution in [2.24, 2.45) is 5.10 Å². The zero-order chi connectivity index (χ0) is 17.1. The topological polar surface area (TPSA) is 44.6 Å². The van der Waals surface area contributed by atoms with Gasteiger partial charge in [0, 0.05) is 19.2 Å². The third kappa shape index (κ3) is 3.62. The lowest BCUT2D eigenvalue weighted by atomic mass is 10.3. The Hall–Kier alpha value is -1.73. The summed E-state index contributed by atoms with van der Waals surface area (Å²) in [6, 6.07) is 12.4. The molecule has 2 aliphatic heterocycles. The number of thioether (sulfide) groups is 2. The van der Waals surface area contributed by atoms with Crippen molar-refractivity contribution in [2.45, 2.75) is 31.2 Å². The van der Waals surface area contributed by atoms with Crippen LogP contribution in [0.1, 0.15) is 26.2 Å². The number of hydrogen-bond donors (Lipinski definition) is 0. The van der Waals surface area contributed by atoms with Crippen molar-refractivity contribution < 1.29 is 0 Å². The Bertz CT molecular complexity index is 759. The second-order valence-corrected chi connectivity index (χ2v) is 8.37. The Labute approximate surface area is 156 Å². The van der Waals surface area contributed by atoms with Crippen LogP contribution in [0.5, 0.6) is 0 Å². The molecule has 0 N–H and O–H groups in total. The van der Waals surface area contributed by atoms with Gasteiger partial charge in [-0.1, -0.05) is 36.9 Å². The van der Waals surface area contributed by atoms with Gasteiger partial charge < -0.3 is 4.90 Å². The van der Waals surface area contributed by atoms with E-state index >= 15 is 0 Å². The number of hydrazone groups is 1. The molecule has 1 saturated heterocycles. The van der Waals surface area contributed by atoms with E-state index in [9.17, 15) is 0 Å². The molecule has 0 amide bonds. The van der Waals surface area contributed by atoms with E-state index in [2.05, 4.69) is 40.2 Å². The average Bonchev–Trinajstić information content (AvgIpc) is 3.21. The maximum absolute atomic E-state index is 4.89. The first-order valence-corrected chi connectivity index (χ1v) is 10.5. The first-order valence-electron chi connectivity index (χ1n) is 8.72. The minimum Gasteiger partial charge on any atom is -0.355 e. The molecule has 7 heteroatoms. The summed E-state index contributed by atoms with van der Waals surface area (Å²) >= 11 is 3.41. The number of hydrogen-bond acceptors (Lipinski definition) is 7. The van der Waals surface area contributed by atoms with Crippen LogP contribution in [0.3, 0.4) is 0 Å². The van der Waals surface area contributed by atoms with Crippen LogP contribution >= 0.6 is 23.5 Å². The summed E-state index contributed by atoms with van der Waals surface area (Å²) in [6.45, 7) is 4.31. The molecule has 5 nitrogen and oxygen atoms in total. The molecular weight excluding hydrogens is 350 g/mol. The molecule has 0 bridgehead atoms. The fourth-order valence-corrected chi connectivity index (χ4v) is 4.80. The van der Waals surface area contributed by atoms with Crippen molar-refractivity contribution in [3.63, 3.8) is 0 Å². The molecule has 0 aliphatic carbocycles. The van der Waals surface area contributed by atoms with Crippen LogP contribution in [0.25, 0.3) is 0 Å². The Kier molecular flexibility index (Phi) is 5.12. The summed E-state index contributed by atoms with van der Waals surface area (Å²) in [5, 5.41) is 16.8. The summed E-state index contributed by atoms with van der Waals surface area (Å²) in [4.78, 5) is 2.31. The van der Waals surface area contributed by atoms with E-state index in [1.807, 2.05) is 23.2 Å². The van der Waals surface area contributed by atoms with Crippen LogP contribution in [0.15, 0.2) is 46.5 Å². The quantitative estimate of drug-likeness (QED) is 0.774. The fraction of sp³-hybridized carbons (Fsp3) is 0.389. The summed E-state index contributed by atoms with van der Waals surface area (Å²) in [7, 11) is 0. The van der Waals surface area contributed by atoms with Crippen LogP contribution in [0.4, 0.5) is 17.2 Å². The van der Waals surface area contributed by atoms with Gasteiger partial charge in [-0.3, -0.25) is 0 Å². The van der Waals surface area contributed by atoms with Gasteiger partial charge in [0.1, 0.15) is 5.69 Å². The molecule has 0 atom stereocenters. The molecule has 0 saturated carbocycles. The first kappa shape index (κ1) is 16.7. The Balaban J connectivity index is 1.72. The third-order valence-corrected chi connectivity index (χ3v) is 6.47. The van der Waals surface area contributed by atoms with E-state index in [0.717, 1.165) is 51.9 Å². The van der Waals surface area contributed by atoms with Gasteiger partial charge in [-0.05, 0) is 48.9 Å². The van der Waals surface area contributed by atoms with E-state index in [0.29, 0.717) is 0 Å². The predicted octanol–water partition coefficient (Wildman–Crippen LogP) is 4.73. The number of anilines is 3. The summed E-state index contributed by atoms with van der Waals surface area (Å²) < 4.78 is 1.03. The zero-order valence-electron chi connectivity index (χ0n) is 14.3. The average molecular weight is 372 g/mol. The van der Waals surface area contributed by atoms with Crippen LogP contribution < -0.4 is 9.91 Å². The number of benzene rings is 1. The minimum absolute atomic E-state index is 0.931. The number of nitrogens with zero attached hydrogens (tertiary/aromatic N) is 5. The van der Waals surface area contributed by atoms with Gasteiger partial charge in [-0.2, -0.15) is 5.10 Å². The molecule has 2 aliphatic rings. The van der Waals surface area contributed by atoms with Crippen molar-refractivity contribution in [2.75, 3.05) is 28.8 Å². The second kappa shape index (κ2) is 7.66. The van der Waals surface area contributed by atoms with Gasteiger partial charge >= 0.3 is 0 Å². The van der Waals surface area contributed by atoms with Crippen LogP contribution in [0, 0.1) is 0 Å². The normalized spacial score (nSPS) is 16.8. The molecule has 0 radical (unpaired) electrons. The molecule has 0 unspecified atom stereocenters. The van der Waals surface area contributed by atoms with Crippen LogP contribution in [-0.4, -0.2) is 33.4 Å². The molecule has 1 fully saturated rings. The Morgan fingerprint density at radius 2 is 1.92 bits per heavy atom. The van der Waals surface area contributed by atoms with E-state index in [1.54, 1.807) is 23.5 Å². The van der Waals surface area contributed by atoms with Gasteiger partial charge in [0.25, 0.3) is 0 Å². The Morgan fingerprint density at radius 1 is 1.12 bits per heavy atom. The van der Waals surface area contributed by atoms with Gasteiger partial charge in [0.15, 0.2) is 15.2 Å². The molecule has 1 aromatic carbocycles. The highest BCUT2D eigenvalue weighted by Gasteiger charge is 2.25. The molecule has 3 heterocycles. The summed E-state index contributed by atoms with van der Waals surface area (Å²) in [5.74, 6) is 2.01. The van der Waals surface area contributed by atoms with Crippen molar-refractivity contribution in [1.82, 2.24) is 10.2 Å². The molecule has 25 heavy (non-hydrogen) atoms. The van der Waals surface area contributed by atoms with Crippen LogP contribution in [-0.2, 0) is 0 Å². The summed E-state index contributed by atoms with van der Waals surface area (Å²) in [6.07, 6.45) is 3.58.